The maximum Gasteiger partial charge on any atom is 0.212 e. The van der Waals surface area contributed by atoms with E-state index in [1.54, 1.807) is 48.7 Å². The molecular weight excluding hydrogens is 314 g/mol. The van der Waals surface area contributed by atoms with Gasteiger partial charge < -0.3 is 0 Å². The van der Waals surface area contributed by atoms with Crippen molar-refractivity contribution in [3.63, 3.8) is 0 Å². The highest BCUT2D eigenvalue weighted by Crippen LogP contribution is 2.33. The molecule has 0 aliphatic rings. The molecule has 0 N–H and O–H groups in total. The van der Waals surface area contributed by atoms with Gasteiger partial charge in [-0.25, -0.2) is 4.57 Å². The summed E-state index contributed by atoms with van der Waals surface area (Å²) >= 11 is 0. The lowest BCUT2D eigenvalue weighted by atomic mass is 9.91. The van der Waals surface area contributed by atoms with E-state index in [1.807, 2.05) is 32.4 Å². The summed E-state index contributed by atoms with van der Waals surface area (Å²) in [5, 5.41) is 0. The Labute approximate surface area is 169 Å². The molecule has 3 aromatic rings. The first kappa shape index (κ1) is 10.7. The number of hydrogen-bond donors (Lipinski definition) is 0. The lowest BCUT2D eigenvalue weighted by Crippen LogP contribution is -2.31. The van der Waals surface area contributed by atoms with Crippen molar-refractivity contribution in [2.45, 2.75) is 40.8 Å². The molecule has 0 unspecified atom stereocenters. The lowest BCUT2D eigenvalue weighted by molar-refractivity contribution is -0.660. The fourth-order valence-electron chi connectivity index (χ4n) is 3.19. The second-order valence-corrected chi connectivity index (χ2v) is 6.97. The summed E-state index contributed by atoms with van der Waals surface area (Å²) < 4.78 is 67.1. The number of aromatic nitrogens is 1. The van der Waals surface area contributed by atoms with Crippen molar-refractivity contribution in [2.24, 2.45) is 13.0 Å². The third-order valence-corrected chi connectivity index (χ3v) is 4.46. The first-order valence-electron chi connectivity index (χ1n) is 12.8. The molecule has 1 heterocycles. The molecule has 134 valence electrons. The van der Waals surface area contributed by atoms with E-state index < -0.39 is 20.1 Å². The monoisotopic (exact) mass is 352 g/mol. The van der Waals surface area contributed by atoms with Crippen molar-refractivity contribution < 1.29 is 15.5 Å². The van der Waals surface area contributed by atoms with Crippen LogP contribution in [-0.2, 0) is 13.4 Å². The first-order chi connectivity index (χ1) is 15.5. The number of aryl methyl sites for hydroxylation is 4. The molecule has 26 heavy (non-hydrogen) atoms. The second kappa shape index (κ2) is 7.45. The van der Waals surface area contributed by atoms with Crippen molar-refractivity contribution in [3.8, 4) is 22.4 Å². The third-order valence-electron chi connectivity index (χ3n) is 4.46. The van der Waals surface area contributed by atoms with Gasteiger partial charge in [0.05, 0.1) is 0 Å². The van der Waals surface area contributed by atoms with Crippen molar-refractivity contribution in [2.75, 3.05) is 0 Å². The van der Waals surface area contributed by atoms with Gasteiger partial charge in [-0.15, -0.1) is 0 Å². The molecule has 0 amide bonds. The van der Waals surface area contributed by atoms with Gasteiger partial charge >= 0.3 is 0 Å². The Hall–Kier alpha value is -2.41. The van der Waals surface area contributed by atoms with Crippen LogP contribution in [0, 0.1) is 26.5 Å². The molecule has 1 aromatic heterocycles. The zero-order chi connectivity index (χ0) is 25.6. The molecule has 0 saturated carbocycles. The van der Waals surface area contributed by atoms with E-state index in [9.17, 15) is 0 Å². The summed E-state index contributed by atoms with van der Waals surface area (Å²) in [5.74, 6) is -0.242. The van der Waals surface area contributed by atoms with Gasteiger partial charge in [-0.1, -0.05) is 44.2 Å². The van der Waals surface area contributed by atoms with Crippen molar-refractivity contribution >= 4 is 0 Å². The van der Waals surface area contributed by atoms with Gasteiger partial charge in [0, 0.05) is 28.7 Å². The van der Waals surface area contributed by atoms with Crippen molar-refractivity contribution in [3.05, 3.63) is 77.0 Å². The molecular formula is C25H30N+. The molecule has 2 aromatic carbocycles. The van der Waals surface area contributed by atoms with Crippen LogP contribution < -0.4 is 4.57 Å². The molecule has 0 fully saturated rings. The van der Waals surface area contributed by atoms with Crippen LogP contribution >= 0.6 is 0 Å². The molecule has 1 heteroatoms. The topological polar surface area (TPSA) is 3.88 Å². The third kappa shape index (κ3) is 3.72. The molecule has 0 radical (unpaired) electrons. The Morgan fingerprint density at radius 3 is 2.42 bits per heavy atom. The minimum absolute atomic E-state index is 0.0850. The Balaban J connectivity index is 2.37. The highest BCUT2D eigenvalue weighted by Gasteiger charge is 2.17. The van der Waals surface area contributed by atoms with Gasteiger partial charge in [-0.05, 0) is 72.4 Å². The van der Waals surface area contributed by atoms with Crippen LogP contribution in [0.3, 0.4) is 0 Å². The largest absolute Gasteiger partial charge is 0.212 e. The minimum atomic E-state index is -2.44. The smallest absolute Gasteiger partial charge is 0.201 e. The summed E-state index contributed by atoms with van der Waals surface area (Å²) in [6.45, 7) is 0.610. The Kier molecular flexibility index (Phi) is 3.06. The summed E-state index contributed by atoms with van der Waals surface area (Å²) in [6.07, 6.45) is 0.240. The fourth-order valence-corrected chi connectivity index (χ4v) is 3.19. The average Bonchev–Trinajstić information content (AvgIpc) is 2.72. The Morgan fingerprint density at radius 2 is 1.69 bits per heavy atom. The summed E-state index contributed by atoms with van der Waals surface area (Å²) in [5.41, 5.74) is 3.53. The molecule has 0 bridgehead atoms. The first-order valence-corrected chi connectivity index (χ1v) is 8.80. The molecule has 0 aliphatic carbocycles. The molecule has 0 saturated heterocycles. The maximum atomic E-state index is 8.52. The average molecular weight is 353 g/mol. The number of pyridine rings is 1. The van der Waals surface area contributed by atoms with E-state index in [1.165, 1.54) is 6.07 Å². The van der Waals surface area contributed by atoms with E-state index >= 15 is 0 Å². The summed E-state index contributed by atoms with van der Waals surface area (Å²) in [6, 6.07) is 13.3. The van der Waals surface area contributed by atoms with Gasteiger partial charge in [0.2, 0.25) is 5.69 Å². The maximum absolute atomic E-state index is 8.52. The van der Waals surface area contributed by atoms with Crippen LogP contribution in [0.4, 0.5) is 0 Å². The number of benzene rings is 2. The van der Waals surface area contributed by atoms with Gasteiger partial charge in [-0.2, -0.15) is 0 Å². The molecule has 0 aliphatic heterocycles. The van der Waals surface area contributed by atoms with E-state index in [0.717, 1.165) is 0 Å². The highest BCUT2D eigenvalue weighted by molar-refractivity contribution is 5.77. The van der Waals surface area contributed by atoms with Crippen molar-refractivity contribution in [1.82, 2.24) is 0 Å². The van der Waals surface area contributed by atoms with Crippen LogP contribution in [0.1, 0.15) is 47.1 Å². The molecule has 0 spiro atoms. The standard InChI is InChI=1S/C25H30N/c1-17(2)13-21-11-12-26(6)25(15-21)24-16-23(19(4)14-20(24)5)22-10-8-7-9-18(22)3/h7-12,14-17H,13H2,1-6H3/q+1/i3D3,4D3,13D2. The normalized spacial score (nSPS) is 17.3. The molecule has 0 atom stereocenters. The van der Waals surface area contributed by atoms with Crippen LogP contribution in [-0.4, -0.2) is 0 Å². The molecule has 3 rings (SSSR count). The minimum Gasteiger partial charge on any atom is -0.201 e. The summed E-state index contributed by atoms with van der Waals surface area (Å²) in [7, 11) is 1.84. The van der Waals surface area contributed by atoms with Gasteiger partial charge in [-0.3, -0.25) is 0 Å². The van der Waals surface area contributed by atoms with Crippen LogP contribution in [0.25, 0.3) is 22.4 Å². The zero-order valence-electron chi connectivity index (χ0n) is 23.7. The van der Waals surface area contributed by atoms with Gasteiger partial charge in [0.15, 0.2) is 6.20 Å². The predicted octanol–water partition coefficient (Wildman–Crippen LogP) is 5.97. The lowest BCUT2D eigenvalue weighted by Gasteiger charge is -2.14. The van der Waals surface area contributed by atoms with Gasteiger partial charge in [0.1, 0.15) is 7.05 Å². The SMILES string of the molecule is [2H]C([2H])([2H])c1ccccc1-c1cc(-c2cc(C([2H])([2H])C(C)C)cc[n+]2C)c(C)cc1C([2H])([2H])[2H]. The van der Waals surface area contributed by atoms with E-state index in [2.05, 4.69) is 0 Å². The summed E-state index contributed by atoms with van der Waals surface area (Å²) in [4.78, 5) is 0. The fraction of sp³-hybridized carbons (Fsp3) is 0.320. The van der Waals surface area contributed by atoms with E-state index in [-0.39, 0.29) is 17.0 Å². The van der Waals surface area contributed by atoms with Crippen molar-refractivity contribution in [1.29, 1.82) is 0 Å². The Morgan fingerprint density at radius 1 is 0.923 bits per heavy atom. The zero-order valence-corrected chi connectivity index (χ0v) is 15.7. The van der Waals surface area contributed by atoms with Crippen LogP contribution in [0.15, 0.2) is 54.7 Å². The van der Waals surface area contributed by atoms with E-state index in [0.29, 0.717) is 33.5 Å². The van der Waals surface area contributed by atoms with Gasteiger partial charge in [0.25, 0.3) is 0 Å². The quantitative estimate of drug-likeness (QED) is 0.509. The predicted molar refractivity (Wildman–Crippen MR) is 111 cm³/mol. The van der Waals surface area contributed by atoms with Crippen LogP contribution in [0.5, 0.6) is 0 Å². The highest BCUT2D eigenvalue weighted by atomic mass is 14.9. The van der Waals surface area contributed by atoms with Crippen LogP contribution in [0.2, 0.25) is 0 Å². The van der Waals surface area contributed by atoms with E-state index in [4.69, 9.17) is 11.0 Å². The number of hydrogen-bond acceptors (Lipinski definition) is 0. The number of nitrogens with zero attached hydrogens (tertiary/aromatic N) is 1. The second-order valence-electron chi connectivity index (χ2n) is 6.97. The number of rotatable bonds is 4. The Bertz CT molecular complexity index is 1210. The molecule has 1 nitrogen and oxygen atoms in total.